The predicted octanol–water partition coefficient (Wildman–Crippen LogP) is 2.30. The van der Waals surface area contributed by atoms with E-state index in [1.165, 1.54) is 34.1 Å². The Hall–Kier alpha value is -3.48. The highest BCUT2D eigenvalue weighted by Crippen LogP contribution is 2.37. The van der Waals surface area contributed by atoms with Gasteiger partial charge in [0.05, 0.1) is 17.9 Å². The highest BCUT2D eigenvalue weighted by atomic mass is 35.5. The SMILES string of the molecule is C.O=C(O)CC[C@H]1C(=O)N2[C@@H](Cc3ccccc3)C(=O)N(CCC(=O)O)C[C@@H]2N1S(=O)(=O)c1ccc(Cl)cc1. The summed E-state index contributed by atoms with van der Waals surface area (Å²) in [4.78, 5) is 52.3. The zero-order chi connectivity index (χ0) is 27.6. The molecule has 2 heterocycles. The lowest BCUT2D eigenvalue weighted by Crippen LogP contribution is -2.64. The molecule has 2 aromatic rings. The molecule has 0 unspecified atom stereocenters. The van der Waals surface area contributed by atoms with Gasteiger partial charge in [0, 0.05) is 24.4 Å². The lowest BCUT2D eigenvalue weighted by Gasteiger charge is -2.44. The van der Waals surface area contributed by atoms with Crippen LogP contribution in [-0.4, -0.2) is 87.8 Å². The third-order valence-electron chi connectivity index (χ3n) is 6.67. The molecule has 4 rings (SSSR count). The molecule has 2 N–H and O–H groups in total. The number of sulfonamides is 1. The molecule has 2 amide bonds. The van der Waals surface area contributed by atoms with Crippen LogP contribution in [0.15, 0.2) is 59.5 Å². The van der Waals surface area contributed by atoms with E-state index in [1.54, 1.807) is 30.3 Å². The summed E-state index contributed by atoms with van der Waals surface area (Å²) in [5.74, 6) is -3.50. The van der Waals surface area contributed by atoms with Crippen molar-refractivity contribution in [2.45, 2.75) is 56.3 Å². The molecule has 2 fully saturated rings. The minimum atomic E-state index is -4.36. The van der Waals surface area contributed by atoms with Crippen LogP contribution in [0.1, 0.15) is 32.3 Å². The van der Waals surface area contributed by atoms with Crippen LogP contribution in [0.25, 0.3) is 0 Å². The normalized spacial score (nSPS) is 21.4. The summed E-state index contributed by atoms with van der Waals surface area (Å²) in [5, 5.41) is 18.8. The number of halogens is 1. The number of carbonyl (C=O) groups excluding carboxylic acids is 2. The van der Waals surface area contributed by atoms with Crippen molar-refractivity contribution in [3.8, 4) is 0 Å². The first-order chi connectivity index (χ1) is 18.0. The molecule has 210 valence electrons. The topological polar surface area (TPSA) is 153 Å². The molecular formula is C26H30ClN3O8S. The fraction of sp³-hybridized carbons (Fsp3) is 0.385. The van der Waals surface area contributed by atoms with Gasteiger partial charge in [0.1, 0.15) is 18.2 Å². The van der Waals surface area contributed by atoms with Crippen LogP contribution in [0.3, 0.4) is 0 Å². The van der Waals surface area contributed by atoms with Crippen LogP contribution in [0, 0.1) is 0 Å². The van der Waals surface area contributed by atoms with Crippen molar-refractivity contribution in [1.82, 2.24) is 14.1 Å². The van der Waals surface area contributed by atoms with Crippen LogP contribution in [0.5, 0.6) is 0 Å². The Morgan fingerprint density at radius 2 is 1.51 bits per heavy atom. The van der Waals surface area contributed by atoms with Gasteiger partial charge in [0.2, 0.25) is 21.8 Å². The highest BCUT2D eigenvalue weighted by molar-refractivity contribution is 7.89. The summed E-state index contributed by atoms with van der Waals surface area (Å²) in [7, 11) is -4.36. The summed E-state index contributed by atoms with van der Waals surface area (Å²) in [6.07, 6.45) is -2.20. The van der Waals surface area contributed by atoms with E-state index in [0.717, 1.165) is 9.87 Å². The molecule has 0 radical (unpaired) electrons. The van der Waals surface area contributed by atoms with E-state index in [0.29, 0.717) is 5.02 Å². The number of hydrogen-bond acceptors (Lipinski definition) is 6. The summed E-state index contributed by atoms with van der Waals surface area (Å²) in [6, 6.07) is 11.7. The predicted molar refractivity (Wildman–Crippen MR) is 141 cm³/mol. The van der Waals surface area contributed by atoms with Crippen LogP contribution >= 0.6 is 11.6 Å². The monoisotopic (exact) mass is 579 g/mol. The number of fused-ring (bicyclic) bond motifs is 1. The number of nitrogens with zero attached hydrogens (tertiary/aromatic N) is 3. The van der Waals surface area contributed by atoms with Crippen molar-refractivity contribution < 1.29 is 37.8 Å². The van der Waals surface area contributed by atoms with Crippen LogP contribution in [0.4, 0.5) is 0 Å². The van der Waals surface area contributed by atoms with E-state index < -0.39 is 58.4 Å². The van der Waals surface area contributed by atoms with Gasteiger partial charge in [0.15, 0.2) is 0 Å². The Balaban J connectivity index is 0.00000420. The number of carboxylic acid groups (broad SMARTS) is 2. The maximum Gasteiger partial charge on any atom is 0.305 e. The zero-order valence-electron chi connectivity index (χ0n) is 20.1. The fourth-order valence-electron chi connectivity index (χ4n) is 4.93. The lowest BCUT2D eigenvalue weighted by atomic mass is 10.00. The van der Waals surface area contributed by atoms with E-state index in [4.69, 9.17) is 11.6 Å². The van der Waals surface area contributed by atoms with Gasteiger partial charge in [-0.1, -0.05) is 49.4 Å². The second-order valence-electron chi connectivity index (χ2n) is 9.10. The fourth-order valence-corrected chi connectivity index (χ4v) is 6.80. The second kappa shape index (κ2) is 12.1. The quantitative estimate of drug-likeness (QED) is 0.435. The summed E-state index contributed by atoms with van der Waals surface area (Å²) < 4.78 is 28.7. The molecule has 39 heavy (non-hydrogen) atoms. The van der Waals surface area contributed by atoms with Crippen molar-refractivity contribution in [2.24, 2.45) is 0 Å². The van der Waals surface area contributed by atoms with Gasteiger partial charge in [-0.05, 0) is 36.2 Å². The van der Waals surface area contributed by atoms with E-state index in [2.05, 4.69) is 0 Å². The molecule has 2 aliphatic rings. The summed E-state index contributed by atoms with van der Waals surface area (Å²) in [6.45, 7) is -0.424. The van der Waals surface area contributed by atoms with Crippen LogP contribution in [0.2, 0.25) is 5.02 Å². The second-order valence-corrected chi connectivity index (χ2v) is 11.4. The van der Waals surface area contributed by atoms with E-state index in [-0.39, 0.29) is 44.7 Å². The minimum Gasteiger partial charge on any atom is -0.481 e. The number of rotatable bonds is 10. The Bertz CT molecular complexity index is 1340. The molecule has 3 atom stereocenters. The van der Waals surface area contributed by atoms with Crippen molar-refractivity contribution in [1.29, 1.82) is 0 Å². The van der Waals surface area contributed by atoms with Crippen LogP contribution < -0.4 is 0 Å². The van der Waals surface area contributed by atoms with Crippen LogP contribution in [-0.2, 0) is 35.6 Å². The molecule has 13 heteroatoms. The molecule has 0 aromatic heterocycles. The maximum atomic E-state index is 13.9. The van der Waals surface area contributed by atoms with Gasteiger partial charge in [-0.3, -0.25) is 19.2 Å². The number of aliphatic carboxylic acids is 2. The van der Waals surface area contributed by atoms with Crippen molar-refractivity contribution in [3.05, 3.63) is 65.2 Å². The molecule has 2 aromatic carbocycles. The zero-order valence-corrected chi connectivity index (χ0v) is 21.7. The van der Waals surface area contributed by atoms with Gasteiger partial charge < -0.3 is 20.0 Å². The lowest BCUT2D eigenvalue weighted by molar-refractivity contribution is -0.153. The number of benzene rings is 2. The molecule has 2 aliphatic heterocycles. The van der Waals surface area contributed by atoms with Gasteiger partial charge in [-0.25, -0.2) is 8.42 Å². The Morgan fingerprint density at radius 3 is 2.10 bits per heavy atom. The number of hydrogen-bond donors (Lipinski definition) is 2. The van der Waals surface area contributed by atoms with Gasteiger partial charge in [-0.2, -0.15) is 4.31 Å². The molecule has 0 saturated carbocycles. The molecular weight excluding hydrogens is 550 g/mol. The Labute approximate surface area is 231 Å². The van der Waals surface area contributed by atoms with Crippen molar-refractivity contribution >= 4 is 45.4 Å². The third-order valence-corrected chi connectivity index (χ3v) is 8.84. The molecule has 0 bridgehead atoms. The average Bonchev–Trinajstić information content (AvgIpc) is 3.15. The largest absolute Gasteiger partial charge is 0.481 e. The first-order valence-corrected chi connectivity index (χ1v) is 13.7. The Morgan fingerprint density at radius 1 is 0.897 bits per heavy atom. The molecule has 0 aliphatic carbocycles. The summed E-state index contributed by atoms with van der Waals surface area (Å²) >= 11 is 5.93. The third kappa shape index (κ3) is 6.23. The first-order valence-electron chi connectivity index (χ1n) is 11.9. The van der Waals surface area contributed by atoms with E-state index in [9.17, 15) is 37.8 Å². The van der Waals surface area contributed by atoms with Gasteiger partial charge in [0.25, 0.3) is 0 Å². The number of carbonyl (C=O) groups is 4. The van der Waals surface area contributed by atoms with Gasteiger partial charge >= 0.3 is 11.9 Å². The smallest absolute Gasteiger partial charge is 0.305 e. The standard InChI is InChI=1S/C25H26ClN3O8S.CH4/c26-17-6-8-18(9-7-17)38(36,37)29-19(10-11-22(30)31)25(35)28-20(14-16-4-2-1-3-5-16)24(34)27(15-21(28)29)13-12-23(32)33;/h1-9,19-21H,10-15H2,(H,30,31)(H,32,33);1H4/t19-,20-,21-;/m0./s1. The van der Waals surface area contributed by atoms with Gasteiger partial charge in [-0.15, -0.1) is 0 Å². The molecule has 11 nitrogen and oxygen atoms in total. The highest BCUT2D eigenvalue weighted by Gasteiger charge is 2.58. The maximum absolute atomic E-state index is 13.9. The van der Waals surface area contributed by atoms with Crippen molar-refractivity contribution in [2.75, 3.05) is 13.1 Å². The average molecular weight is 580 g/mol. The minimum absolute atomic E-state index is 0. The Kier molecular flexibility index (Phi) is 9.36. The molecule has 2 saturated heterocycles. The number of piperazine rings is 1. The first kappa shape index (κ1) is 30.1. The number of amides is 2. The van der Waals surface area contributed by atoms with E-state index in [1.807, 2.05) is 0 Å². The molecule has 0 spiro atoms. The summed E-state index contributed by atoms with van der Waals surface area (Å²) in [5.41, 5.74) is 0.721. The van der Waals surface area contributed by atoms with E-state index >= 15 is 0 Å². The number of carboxylic acids is 2. The van der Waals surface area contributed by atoms with Crippen molar-refractivity contribution in [3.63, 3.8) is 0 Å².